The average Bonchev–Trinajstić information content (AvgIpc) is 2.55. The van der Waals surface area contributed by atoms with E-state index in [0.29, 0.717) is 40.3 Å². The summed E-state index contributed by atoms with van der Waals surface area (Å²) in [5.41, 5.74) is 0.703. The van der Waals surface area contributed by atoms with Gasteiger partial charge < -0.3 is 19.3 Å². The number of halogens is 1. The summed E-state index contributed by atoms with van der Waals surface area (Å²) in [5.74, 6) is 1.62. The van der Waals surface area contributed by atoms with E-state index in [9.17, 15) is 9.90 Å². The predicted octanol–water partition coefficient (Wildman–Crippen LogP) is 4.66. The smallest absolute Gasteiger partial charge is 0.310 e. The van der Waals surface area contributed by atoms with E-state index in [-0.39, 0.29) is 18.1 Å². The Morgan fingerprint density at radius 3 is 2.58 bits per heavy atom. The third-order valence-electron chi connectivity index (χ3n) is 3.14. The molecule has 6 heteroatoms. The van der Waals surface area contributed by atoms with Crippen LogP contribution in [-0.2, 0) is 16.0 Å². The van der Waals surface area contributed by atoms with Gasteiger partial charge in [-0.25, -0.2) is 0 Å². The molecule has 0 radical (unpaired) electrons. The van der Waals surface area contributed by atoms with E-state index in [1.165, 1.54) is 0 Å². The quantitative estimate of drug-likeness (QED) is 0.391. The number of esters is 1. The van der Waals surface area contributed by atoms with E-state index in [4.69, 9.17) is 14.2 Å². The number of aliphatic hydroxyl groups excluding tert-OH is 1. The molecule has 24 heavy (non-hydrogen) atoms. The topological polar surface area (TPSA) is 65.0 Å². The van der Waals surface area contributed by atoms with Crippen LogP contribution in [0, 0.1) is 0 Å². The van der Waals surface area contributed by atoms with Gasteiger partial charge in [-0.1, -0.05) is 13.0 Å². The first-order valence-electron chi connectivity index (χ1n) is 7.67. The van der Waals surface area contributed by atoms with Crippen molar-refractivity contribution in [1.82, 2.24) is 0 Å². The number of methoxy groups -OCH3 is 1. The number of carbonyl (C=O) groups excluding carboxylic acids is 1. The molecule has 0 bridgehead atoms. The van der Waals surface area contributed by atoms with E-state index in [1.54, 1.807) is 45.2 Å². The van der Waals surface area contributed by atoms with E-state index in [0.717, 1.165) is 0 Å². The molecule has 1 N–H and O–H groups in total. The number of ether oxygens (including phenoxy) is 3. The van der Waals surface area contributed by atoms with Crippen LogP contribution in [0.3, 0.4) is 0 Å². The van der Waals surface area contributed by atoms with Crippen molar-refractivity contribution in [2.45, 2.75) is 33.6 Å². The number of aliphatic hydroxyl groups is 1. The highest BCUT2D eigenvalue weighted by Gasteiger charge is 2.13. The molecule has 132 valence electrons. The maximum Gasteiger partial charge on any atom is 0.310 e. The Hall–Kier alpha value is -1.95. The molecule has 0 aliphatic carbocycles. The maximum absolute atomic E-state index is 11.8. The zero-order chi connectivity index (χ0) is 18.1. The highest BCUT2D eigenvalue weighted by molar-refractivity contribution is 9.11. The highest BCUT2D eigenvalue weighted by atomic mass is 79.9. The number of hydrogen-bond acceptors (Lipinski definition) is 5. The fraction of sp³-hybridized carbons (Fsp3) is 0.389. The van der Waals surface area contributed by atoms with Crippen molar-refractivity contribution in [3.63, 3.8) is 0 Å². The van der Waals surface area contributed by atoms with Gasteiger partial charge in [0.2, 0.25) is 0 Å². The summed E-state index contributed by atoms with van der Waals surface area (Å²) in [6.07, 6.45) is 2.42. The summed E-state index contributed by atoms with van der Waals surface area (Å²) in [6, 6.07) is 5.27. The number of benzene rings is 1. The SMILES string of the molecule is CCOC(=O)Cc1ccc(OC)cc1O/C(=C/C(Br)=C(\C)O)CC. The molecule has 0 aliphatic rings. The summed E-state index contributed by atoms with van der Waals surface area (Å²) < 4.78 is 16.7. The standard InChI is InChI=1S/C18H23BrO5/c1-5-14(10-16(19)12(3)20)24-17-11-15(22-4)8-7-13(17)9-18(21)23-6-2/h7-8,10-11,20H,5-6,9H2,1-4H3/b14-10+,16-12-. The molecule has 0 unspecified atom stereocenters. The van der Waals surface area contributed by atoms with Crippen molar-refractivity contribution in [2.24, 2.45) is 0 Å². The lowest BCUT2D eigenvalue weighted by Crippen LogP contribution is -2.09. The minimum absolute atomic E-state index is 0.111. The van der Waals surface area contributed by atoms with Crippen LogP contribution in [0.15, 0.2) is 40.3 Å². The van der Waals surface area contributed by atoms with Crippen molar-refractivity contribution in [2.75, 3.05) is 13.7 Å². The molecule has 0 fully saturated rings. The van der Waals surface area contributed by atoms with Crippen molar-refractivity contribution in [3.05, 3.63) is 45.8 Å². The second-order valence-corrected chi connectivity index (χ2v) is 5.81. The molecule has 1 rings (SSSR count). The van der Waals surface area contributed by atoms with Crippen LogP contribution in [0.4, 0.5) is 0 Å². The van der Waals surface area contributed by atoms with Gasteiger partial charge in [0.05, 0.1) is 24.6 Å². The summed E-state index contributed by atoms with van der Waals surface area (Å²) in [5, 5.41) is 9.50. The molecule has 0 heterocycles. The third kappa shape index (κ3) is 6.28. The van der Waals surface area contributed by atoms with Gasteiger partial charge in [0.25, 0.3) is 0 Å². The van der Waals surface area contributed by atoms with Gasteiger partial charge in [0.1, 0.15) is 23.0 Å². The summed E-state index contributed by atoms with van der Waals surface area (Å²) in [4.78, 5) is 11.8. The lowest BCUT2D eigenvalue weighted by atomic mass is 10.1. The highest BCUT2D eigenvalue weighted by Crippen LogP contribution is 2.28. The first kappa shape index (κ1) is 20.1. The number of carbonyl (C=O) groups is 1. The number of allylic oxidation sites excluding steroid dienone is 4. The van der Waals surface area contributed by atoms with Crippen molar-refractivity contribution < 1.29 is 24.1 Å². The second kappa shape index (κ2) is 10.0. The molecule has 0 saturated carbocycles. The number of rotatable bonds is 8. The molecule has 0 aromatic heterocycles. The second-order valence-electron chi connectivity index (χ2n) is 4.96. The Bertz CT molecular complexity index is 630. The van der Waals surface area contributed by atoms with E-state index in [2.05, 4.69) is 15.9 Å². The molecule has 0 amide bonds. The van der Waals surface area contributed by atoms with Gasteiger partial charge in [-0.15, -0.1) is 0 Å². The largest absolute Gasteiger partial charge is 0.511 e. The zero-order valence-corrected chi connectivity index (χ0v) is 16.0. The van der Waals surface area contributed by atoms with E-state index < -0.39 is 0 Å². The van der Waals surface area contributed by atoms with Gasteiger partial charge in [-0.05, 0) is 41.9 Å². The van der Waals surface area contributed by atoms with Crippen LogP contribution in [0.5, 0.6) is 11.5 Å². The first-order valence-corrected chi connectivity index (χ1v) is 8.46. The monoisotopic (exact) mass is 398 g/mol. The van der Waals surface area contributed by atoms with Crippen molar-refractivity contribution in [3.8, 4) is 11.5 Å². The van der Waals surface area contributed by atoms with Crippen LogP contribution in [-0.4, -0.2) is 24.8 Å². The third-order valence-corrected chi connectivity index (χ3v) is 3.94. The summed E-state index contributed by atoms with van der Waals surface area (Å²) >= 11 is 3.28. The van der Waals surface area contributed by atoms with Crippen molar-refractivity contribution >= 4 is 21.9 Å². The minimum Gasteiger partial charge on any atom is -0.511 e. The van der Waals surface area contributed by atoms with Gasteiger partial charge in [0, 0.05) is 18.1 Å². The molecule has 0 aliphatic heterocycles. The molecular weight excluding hydrogens is 376 g/mol. The Balaban J connectivity index is 3.14. The number of hydrogen-bond donors (Lipinski definition) is 1. The Morgan fingerprint density at radius 1 is 1.33 bits per heavy atom. The van der Waals surface area contributed by atoms with Crippen LogP contribution in [0.25, 0.3) is 0 Å². The molecule has 1 aromatic rings. The minimum atomic E-state index is -0.318. The normalized spacial score (nSPS) is 12.5. The zero-order valence-electron chi connectivity index (χ0n) is 14.4. The molecule has 0 saturated heterocycles. The van der Waals surface area contributed by atoms with Crippen LogP contribution in [0.2, 0.25) is 0 Å². The molecule has 1 aromatic carbocycles. The van der Waals surface area contributed by atoms with E-state index >= 15 is 0 Å². The Morgan fingerprint density at radius 2 is 2.04 bits per heavy atom. The maximum atomic E-state index is 11.8. The van der Waals surface area contributed by atoms with Gasteiger partial charge in [0.15, 0.2) is 0 Å². The fourth-order valence-corrected chi connectivity index (χ4v) is 2.12. The molecule has 0 spiro atoms. The first-order chi connectivity index (χ1) is 11.4. The summed E-state index contributed by atoms with van der Waals surface area (Å²) in [6.45, 7) is 5.61. The molecule has 0 atom stereocenters. The van der Waals surface area contributed by atoms with Crippen molar-refractivity contribution in [1.29, 1.82) is 0 Å². The lowest BCUT2D eigenvalue weighted by Gasteiger charge is -2.14. The Labute approximate surface area is 151 Å². The molecular formula is C18H23BrO5. The average molecular weight is 399 g/mol. The molecule has 5 nitrogen and oxygen atoms in total. The predicted molar refractivity (Wildman–Crippen MR) is 96.6 cm³/mol. The lowest BCUT2D eigenvalue weighted by molar-refractivity contribution is -0.142. The van der Waals surface area contributed by atoms with Gasteiger partial charge >= 0.3 is 5.97 Å². The van der Waals surface area contributed by atoms with Crippen LogP contribution < -0.4 is 9.47 Å². The van der Waals surface area contributed by atoms with Gasteiger partial charge in [-0.3, -0.25) is 4.79 Å². The Kier molecular flexibility index (Phi) is 8.40. The van der Waals surface area contributed by atoms with Gasteiger partial charge in [-0.2, -0.15) is 0 Å². The van der Waals surface area contributed by atoms with Crippen LogP contribution in [0.1, 0.15) is 32.8 Å². The van der Waals surface area contributed by atoms with Crippen LogP contribution >= 0.6 is 15.9 Å². The van der Waals surface area contributed by atoms with E-state index in [1.807, 2.05) is 6.92 Å². The fourth-order valence-electron chi connectivity index (χ4n) is 1.86. The summed E-state index contributed by atoms with van der Waals surface area (Å²) in [7, 11) is 1.56.